The summed E-state index contributed by atoms with van der Waals surface area (Å²) in [5.41, 5.74) is 3.44. The number of hydrogen-bond acceptors (Lipinski definition) is 4. The van der Waals surface area contributed by atoms with Crippen LogP contribution in [0.1, 0.15) is 82.1 Å². The Kier molecular flexibility index (Phi) is 11.7. The summed E-state index contributed by atoms with van der Waals surface area (Å²) in [7, 11) is 0. The molecule has 0 aliphatic carbocycles. The number of amides is 1. The molecule has 1 N–H and O–H groups in total. The maximum Gasteiger partial charge on any atom is 0.251 e. The molecule has 0 aliphatic rings. The molecule has 0 radical (unpaired) electrons. The van der Waals surface area contributed by atoms with E-state index in [-0.39, 0.29) is 23.5 Å². The summed E-state index contributed by atoms with van der Waals surface area (Å²) in [6.07, 6.45) is 10.8. The van der Waals surface area contributed by atoms with E-state index in [0.29, 0.717) is 23.4 Å². The van der Waals surface area contributed by atoms with E-state index in [1.165, 1.54) is 12.1 Å². The van der Waals surface area contributed by atoms with Gasteiger partial charge in [0.2, 0.25) is 0 Å². The molecular formula is C29H36FN3O2. The molecule has 5 nitrogen and oxygen atoms in total. The molecule has 2 aromatic rings. The standard InChI is InChI=1S/C29H36FN3O2/c1-5-6-10-22(3)33-29(35)25-15-18-27(31-20-24-13-16-26(30)17-14-24)28(19-25)32-21(2)11-8-7-9-12-23(4)34/h6,10,13-20,22H,5,7-9,11-12H2,1-4H3,(H,33,35)/b10-6+,31-20?,32-21?/t22-/m1/s1. The summed E-state index contributed by atoms with van der Waals surface area (Å²) in [5.74, 6) is -0.260. The molecule has 0 saturated heterocycles. The van der Waals surface area contributed by atoms with Gasteiger partial charge in [-0.25, -0.2) is 4.39 Å². The van der Waals surface area contributed by atoms with Crippen molar-refractivity contribution in [3.8, 4) is 0 Å². The van der Waals surface area contributed by atoms with Gasteiger partial charge in [-0.2, -0.15) is 0 Å². The Morgan fingerprint density at radius 3 is 2.40 bits per heavy atom. The van der Waals surface area contributed by atoms with Gasteiger partial charge in [-0.1, -0.05) is 37.6 Å². The van der Waals surface area contributed by atoms with Crippen molar-refractivity contribution in [2.24, 2.45) is 9.98 Å². The minimum Gasteiger partial charge on any atom is -0.346 e. The molecule has 0 spiro atoms. The average molecular weight is 478 g/mol. The zero-order valence-electron chi connectivity index (χ0n) is 21.2. The number of benzene rings is 2. The number of halogens is 1. The van der Waals surface area contributed by atoms with Gasteiger partial charge in [-0.15, -0.1) is 0 Å². The maximum absolute atomic E-state index is 13.2. The number of carbonyl (C=O) groups excluding carboxylic acids is 2. The van der Waals surface area contributed by atoms with Gasteiger partial charge in [0.05, 0.1) is 11.4 Å². The van der Waals surface area contributed by atoms with Crippen LogP contribution in [0.15, 0.2) is 64.6 Å². The van der Waals surface area contributed by atoms with Crippen molar-refractivity contribution < 1.29 is 14.0 Å². The number of carbonyl (C=O) groups is 2. The number of unbranched alkanes of at least 4 members (excludes halogenated alkanes) is 2. The fourth-order valence-corrected chi connectivity index (χ4v) is 3.43. The van der Waals surface area contributed by atoms with Crippen molar-refractivity contribution >= 4 is 35.0 Å². The Bertz CT molecular complexity index is 1070. The third-order valence-corrected chi connectivity index (χ3v) is 5.36. The smallest absolute Gasteiger partial charge is 0.251 e. The fraction of sp³-hybridized carbons (Fsp3) is 0.379. The number of Topliss-reactive ketones (excluding diaryl/α,β-unsaturated/α-hetero) is 1. The molecule has 0 bridgehead atoms. The summed E-state index contributed by atoms with van der Waals surface area (Å²) in [6, 6.07) is 11.3. The quantitative estimate of drug-likeness (QED) is 0.187. The zero-order chi connectivity index (χ0) is 25.6. The minimum absolute atomic E-state index is 0.0812. The van der Waals surface area contributed by atoms with Gasteiger partial charge in [0.25, 0.3) is 5.91 Å². The first-order valence-corrected chi connectivity index (χ1v) is 12.2. The number of ketones is 1. The highest BCUT2D eigenvalue weighted by atomic mass is 19.1. The normalized spacial score (nSPS) is 12.9. The zero-order valence-corrected chi connectivity index (χ0v) is 21.2. The SMILES string of the molecule is CC/C=C/[C@@H](C)NC(=O)c1ccc(N=Cc2ccc(F)cc2)c(N=C(C)CCCCCC(C)=O)c1. The second-order valence-corrected chi connectivity index (χ2v) is 8.72. The van der Waals surface area contributed by atoms with Crippen molar-refractivity contribution in [2.75, 3.05) is 0 Å². The number of rotatable bonds is 13. The molecule has 2 rings (SSSR count). The minimum atomic E-state index is -0.301. The van der Waals surface area contributed by atoms with Crippen LogP contribution >= 0.6 is 0 Å². The number of aliphatic imine (C=N–C) groups is 2. The molecular weight excluding hydrogens is 441 g/mol. The van der Waals surface area contributed by atoms with Crippen LogP contribution in [0.2, 0.25) is 0 Å². The summed E-state index contributed by atoms with van der Waals surface area (Å²) >= 11 is 0. The molecule has 0 unspecified atom stereocenters. The van der Waals surface area contributed by atoms with Gasteiger partial charge in [0.15, 0.2) is 0 Å². The number of hydrogen-bond donors (Lipinski definition) is 1. The third kappa shape index (κ3) is 10.6. The first kappa shape index (κ1) is 27.8. The van der Waals surface area contributed by atoms with Crippen molar-refractivity contribution in [1.29, 1.82) is 0 Å². The highest BCUT2D eigenvalue weighted by Gasteiger charge is 2.11. The van der Waals surface area contributed by atoms with Gasteiger partial charge >= 0.3 is 0 Å². The maximum atomic E-state index is 13.2. The fourth-order valence-electron chi connectivity index (χ4n) is 3.43. The molecule has 186 valence electrons. The van der Waals surface area contributed by atoms with Gasteiger partial charge in [-0.3, -0.25) is 14.8 Å². The molecule has 1 amide bonds. The number of nitrogens with zero attached hydrogens (tertiary/aromatic N) is 2. The topological polar surface area (TPSA) is 70.9 Å². The lowest BCUT2D eigenvalue weighted by Gasteiger charge is -2.11. The van der Waals surface area contributed by atoms with Gasteiger partial charge in [-0.05, 0) is 82.3 Å². The van der Waals surface area contributed by atoms with E-state index in [2.05, 4.69) is 10.3 Å². The van der Waals surface area contributed by atoms with Crippen LogP contribution < -0.4 is 5.32 Å². The summed E-state index contributed by atoms with van der Waals surface area (Å²) in [4.78, 5) is 33.2. The van der Waals surface area contributed by atoms with E-state index >= 15 is 0 Å². The Hall–Kier alpha value is -3.41. The highest BCUT2D eigenvalue weighted by molar-refractivity contribution is 5.97. The summed E-state index contributed by atoms with van der Waals surface area (Å²) in [6.45, 7) is 7.56. The molecule has 0 aromatic heterocycles. The molecule has 2 aromatic carbocycles. The predicted octanol–water partition coefficient (Wildman–Crippen LogP) is 7.29. The second kappa shape index (κ2) is 14.8. The lowest BCUT2D eigenvalue weighted by atomic mass is 10.1. The van der Waals surface area contributed by atoms with E-state index in [1.54, 1.807) is 43.5 Å². The Morgan fingerprint density at radius 1 is 1.00 bits per heavy atom. The molecule has 0 saturated carbocycles. The van der Waals surface area contributed by atoms with Crippen LogP contribution in [-0.2, 0) is 4.79 Å². The lowest BCUT2D eigenvalue weighted by molar-refractivity contribution is -0.117. The monoisotopic (exact) mass is 477 g/mol. The lowest BCUT2D eigenvalue weighted by Crippen LogP contribution is -2.30. The predicted molar refractivity (Wildman–Crippen MR) is 143 cm³/mol. The molecule has 6 heteroatoms. The summed E-state index contributed by atoms with van der Waals surface area (Å²) < 4.78 is 13.2. The van der Waals surface area contributed by atoms with Crippen LogP contribution in [0.25, 0.3) is 0 Å². The van der Waals surface area contributed by atoms with Crippen LogP contribution in [0.4, 0.5) is 15.8 Å². The van der Waals surface area contributed by atoms with Crippen LogP contribution in [0.3, 0.4) is 0 Å². The van der Waals surface area contributed by atoms with Crippen molar-refractivity contribution in [3.63, 3.8) is 0 Å². The number of nitrogens with one attached hydrogen (secondary N) is 1. The van der Waals surface area contributed by atoms with E-state index < -0.39 is 0 Å². The average Bonchev–Trinajstić information content (AvgIpc) is 2.82. The largest absolute Gasteiger partial charge is 0.346 e. The number of allylic oxidation sites excluding steroid dienone is 1. The third-order valence-electron chi connectivity index (χ3n) is 5.36. The van der Waals surface area contributed by atoms with E-state index in [9.17, 15) is 14.0 Å². The van der Waals surface area contributed by atoms with Crippen LogP contribution in [0, 0.1) is 5.82 Å². The van der Waals surface area contributed by atoms with E-state index in [4.69, 9.17) is 4.99 Å². The highest BCUT2D eigenvalue weighted by Crippen LogP contribution is 2.30. The molecule has 1 atom stereocenters. The molecule has 0 fully saturated rings. The summed E-state index contributed by atoms with van der Waals surface area (Å²) in [5, 5.41) is 2.98. The molecule has 0 heterocycles. The van der Waals surface area contributed by atoms with E-state index in [1.807, 2.05) is 32.9 Å². The van der Waals surface area contributed by atoms with Crippen molar-refractivity contribution in [1.82, 2.24) is 5.32 Å². The Morgan fingerprint density at radius 2 is 1.71 bits per heavy atom. The Balaban J connectivity index is 2.24. The first-order chi connectivity index (χ1) is 16.8. The molecule has 0 aliphatic heterocycles. The van der Waals surface area contributed by atoms with Crippen molar-refractivity contribution in [3.05, 3.63) is 71.6 Å². The van der Waals surface area contributed by atoms with Crippen LogP contribution in [-0.4, -0.2) is 29.7 Å². The van der Waals surface area contributed by atoms with E-state index in [0.717, 1.165) is 43.4 Å². The van der Waals surface area contributed by atoms with Crippen LogP contribution in [0.5, 0.6) is 0 Å². The van der Waals surface area contributed by atoms with Crippen molar-refractivity contribution in [2.45, 2.75) is 72.3 Å². The van der Waals surface area contributed by atoms with Gasteiger partial charge in [0.1, 0.15) is 11.6 Å². The Labute approximate surface area is 208 Å². The van der Waals surface area contributed by atoms with Gasteiger partial charge in [0, 0.05) is 30.0 Å². The first-order valence-electron chi connectivity index (χ1n) is 12.2. The van der Waals surface area contributed by atoms with Gasteiger partial charge < -0.3 is 10.1 Å². The second-order valence-electron chi connectivity index (χ2n) is 8.72. The molecule has 35 heavy (non-hydrogen) atoms.